The third-order valence-electron chi connectivity index (χ3n) is 4.54. The SMILES string of the molecule is C=C(NCC1CCN(CCCC)CC1)c1ccc(C)cc1. The van der Waals surface area contributed by atoms with Crippen LogP contribution in [0, 0.1) is 12.8 Å². The minimum Gasteiger partial charge on any atom is -0.385 e. The highest BCUT2D eigenvalue weighted by atomic mass is 15.1. The Morgan fingerprint density at radius 2 is 1.90 bits per heavy atom. The lowest BCUT2D eigenvalue weighted by Gasteiger charge is -2.32. The van der Waals surface area contributed by atoms with Crippen LogP contribution in [0.25, 0.3) is 5.70 Å². The number of hydrogen-bond donors (Lipinski definition) is 1. The van der Waals surface area contributed by atoms with E-state index < -0.39 is 0 Å². The topological polar surface area (TPSA) is 15.3 Å². The van der Waals surface area contributed by atoms with Gasteiger partial charge in [0.2, 0.25) is 0 Å². The van der Waals surface area contributed by atoms with Crippen LogP contribution in [0.3, 0.4) is 0 Å². The maximum Gasteiger partial charge on any atom is 0.0340 e. The summed E-state index contributed by atoms with van der Waals surface area (Å²) < 4.78 is 0. The van der Waals surface area contributed by atoms with Crippen molar-refractivity contribution in [3.63, 3.8) is 0 Å². The molecule has 0 aromatic heterocycles. The summed E-state index contributed by atoms with van der Waals surface area (Å²) >= 11 is 0. The van der Waals surface area contributed by atoms with Crippen molar-refractivity contribution in [2.45, 2.75) is 39.5 Å². The Hall–Kier alpha value is -1.28. The molecule has 0 saturated carbocycles. The first kappa shape index (κ1) is 16.1. The molecule has 1 saturated heterocycles. The second-order valence-electron chi connectivity index (χ2n) is 6.36. The molecule has 2 rings (SSSR count). The molecule has 0 unspecified atom stereocenters. The van der Waals surface area contributed by atoms with Crippen LogP contribution >= 0.6 is 0 Å². The fraction of sp³-hybridized carbons (Fsp3) is 0.579. The van der Waals surface area contributed by atoms with Crippen molar-refractivity contribution in [1.82, 2.24) is 10.2 Å². The molecule has 0 radical (unpaired) electrons. The van der Waals surface area contributed by atoms with Crippen molar-refractivity contribution < 1.29 is 0 Å². The van der Waals surface area contributed by atoms with Gasteiger partial charge in [-0.3, -0.25) is 0 Å². The van der Waals surface area contributed by atoms with Gasteiger partial charge >= 0.3 is 0 Å². The lowest BCUT2D eigenvalue weighted by molar-refractivity contribution is 0.183. The first-order chi connectivity index (χ1) is 10.2. The van der Waals surface area contributed by atoms with Gasteiger partial charge in [-0.25, -0.2) is 0 Å². The summed E-state index contributed by atoms with van der Waals surface area (Å²) in [6.45, 7) is 13.4. The lowest BCUT2D eigenvalue weighted by Crippen LogP contribution is -2.37. The van der Waals surface area contributed by atoms with Gasteiger partial charge in [0.1, 0.15) is 0 Å². The molecule has 0 atom stereocenters. The van der Waals surface area contributed by atoms with Crippen LogP contribution < -0.4 is 5.32 Å². The first-order valence-corrected chi connectivity index (χ1v) is 8.41. The second kappa shape index (κ2) is 8.23. The zero-order chi connectivity index (χ0) is 15.1. The van der Waals surface area contributed by atoms with Crippen LogP contribution in [0.4, 0.5) is 0 Å². The van der Waals surface area contributed by atoms with Crippen LogP contribution in [0.5, 0.6) is 0 Å². The first-order valence-electron chi connectivity index (χ1n) is 8.41. The van der Waals surface area contributed by atoms with Crippen LogP contribution in [0.1, 0.15) is 43.7 Å². The van der Waals surface area contributed by atoms with Gasteiger partial charge in [0.05, 0.1) is 0 Å². The molecule has 1 aromatic carbocycles. The summed E-state index contributed by atoms with van der Waals surface area (Å²) in [4.78, 5) is 2.62. The van der Waals surface area contributed by atoms with Crippen molar-refractivity contribution in [3.05, 3.63) is 42.0 Å². The third-order valence-corrected chi connectivity index (χ3v) is 4.54. The van der Waals surface area contributed by atoms with E-state index in [9.17, 15) is 0 Å². The molecule has 1 aliphatic rings. The average Bonchev–Trinajstić information content (AvgIpc) is 2.52. The molecular weight excluding hydrogens is 256 g/mol. The van der Waals surface area contributed by atoms with Gasteiger partial charge in [-0.05, 0) is 57.3 Å². The highest BCUT2D eigenvalue weighted by molar-refractivity contribution is 5.61. The third kappa shape index (κ3) is 5.20. The van der Waals surface area contributed by atoms with E-state index in [4.69, 9.17) is 0 Å². The fourth-order valence-corrected chi connectivity index (χ4v) is 2.92. The highest BCUT2D eigenvalue weighted by Gasteiger charge is 2.18. The zero-order valence-electron chi connectivity index (χ0n) is 13.7. The highest BCUT2D eigenvalue weighted by Crippen LogP contribution is 2.18. The zero-order valence-corrected chi connectivity index (χ0v) is 13.7. The molecule has 1 aliphatic heterocycles. The van der Waals surface area contributed by atoms with Crippen LogP contribution in [0.15, 0.2) is 30.8 Å². The summed E-state index contributed by atoms with van der Waals surface area (Å²) in [6.07, 6.45) is 5.28. The second-order valence-corrected chi connectivity index (χ2v) is 6.36. The van der Waals surface area contributed by atoms with Gasteiger partial charge in [-0.2, -0.15) is 0 Å². The number of piperidine rings is 1. The average molecular weight is 286 g/mol. The molecule has 1 heterocycles. The Morgan fingerprint density at radius 3 is 2.52 bits per heavy atom. The monoisotopic (exact) mass is 286 g/mol. The quantitative estimate of drug-likeness (QED) is 0.813. The Labute approximate surface area is 130 Å². The van der Waals surface area contributed by atoms with E-state index in [1.807, 2.05) is 0 Å². The predicted molar refractivity (Wildman–Crippen MR) is 92.3 cm³/mol. The number of likely N-dealkylation sites (tertiary alicyclic amines) is 1. The smallest absolute Gasteiger partial charge is 0.0340 e. The van der Waals surface area contributed by atoms with Gasteiger partial charge in [-0.15, -0.1) is 0 Å². The van der Waals surface area contributed by atoms with Gasteiger partial charge in [-0.1, -0.05) is 49.8 Å². The molecule has 1 aromatic rings. The molecule has 0 amide bonds. The van der Waals surface area contributed by atoms with E-state index >= 15 is 0 Å². The standard InChI is InChI=1S/C19H30N2/c1-4-5-12-21-13-10-18(11-14-21)15-20-17(3)19-8-6-16(2)7-9-19/h6-9,18,20H,3-5,10-15H2,1-2H3. The van der Waals surface area contributed by atoms with Crippen LogP contribution in [-0.4, -0.2) is 31.1 Å². The molecule has 1 fully saturated rings. The van der Waals surface area contributed by atoms with Gasteiger partial charge in [0, 0.05) is 12.2 Å². The summed E-state index contributed by atoms with van der Waals surface area (Å²) in [5.74, 6) is 0.796. The van der Waals surface area contributed by atoms with E-state index in [-0.39, 0.29) is 0 Å². The molecule has 1 N–H and O–H groups in total. The van der Waals surface area contributed by atoms with Gasteiger partial charge < -0.3 is 10.2 Å². The summed E-state index contributed by atoms with van der Waals surface area (Å²) in [7, 11) is 0. The number of hydrogen-bond acceptors (Lipinski definition) is 2. The number of rotatable bonds is 7. The molecule has 116 valence electrons. The predicted octanol–water partition coefficient (Wildman–Crippen LogP) is 4.07. The van der Waals surface area contributed by atoms with Crippen molar-refractivity contribution in [1.29, 1.82) is 0 Å². The van der Waals surface area contributed by atoms with Crippen LogP contribution in [0.2, 0.25) is 0 Å². The Bertz CT molecular complexity index is 427. The number of benzene rings is 1. The molecule has 2 heteroatoms. The van der Waals surface area contributed by atoms with E-state index in [2.05, 4.69) is 54.9 Å². The number of unbranched alkanes of at least 4 members (excludes halogenated alkanes) is 1. The number of nitrogens with one attached hydrogen (secondary N) is 1. The van der Waals surface area contributed by atoms with Crippen LogP contribution in [-0.2, 0) is 0 Å². The Kier molecular flexibility index (Phi) is 6.31. The maximum absolute atomic E-state index is 4.17. The van der Waals surface area contributed by atoms with Crippen molar-refractivity contribution >= 4 is 5.70 Å². The molecule has 0 spiro atoms. The Morgan fingerprint density at radius 1 is 1.24 bits per heavy atom. The Balaban J connectivity index is 1.69. The molecule has 0 aliphatic carbocycles. The van der Waals surface area contributed by atoms with E-state index in [1.54, 1.807) is 0 Å². The van der Waals surface area contributed by atoms with Crippen molar-refractivity contribution in [3.8, 4) is 0 Å². The molecule has 0 bridgehead atoms. The van der Waals surface area contributed by atoms with E-state index in [0.29, 0.717) is 0 Å². The summed E-state index contributed by atoms with van der Waals surface area (Å²) in [5.41, 5.74) is 3.57. The molecule has 2 nitrogen and oxygen atoms in total. The van der Waals surface area contributed by atoms with Gasteiger partial charge in [0.15, 0.2) is 0 Å². The summed E-state index contributed by atoms with van der Waals surface area (Å²) in [5, 5.41) is 3.53. The van der Waals surface area contributed by atoms with E-state index in [0.717, 1.165) is 18.2 Å². The number of nitrogens with zero attached hydrogens (tertiary/aromatic N) is 1. The molecule has 21 heavy (non-hydrogen) atoms. The van der Waals surface area contributed by atoms with Crippen molar-refractivity contribution in [2.75, 3.05) is 26.2 Å². The minimum atomic E-state index is 0.796. The number of aryl methyl sites for hydroxylation is 1. The van der Waals surface area contributed by atoms with Gasteiger partial charge in [0.25, 0.3) is 0 Å². The maximum atomic E-state index is 4.17. The van der Waals surface area contributed by atoms with E-state index in [1.165, 1.54) is 56.4 Å². The lowest BCUT2D eigenvalue weighted by atomic mass is 9.96. The molecular formula is C19H30N2. The summed E-state index contributed by atoms with van der Waals surface area (Å²) in [6, 6.07) is 8.60. The largest absolute Gasteiger partial charge is 0.385 e. The normalized spacial score (nSPS) is 16.9. The minimum absolute atomic E-state index is 0.796. The fourth-order valence-electron chi connectivity index (χ4n) is 2.92. The van der Waals surface area contributed by atoms with Crippen molar-refractivity contribution in [2.24, 2.45) is 5.92 Å².